The van der Waals surface area contributed by atoms with E-state index in [2.05, 4.69) is 22.4 Å². The summed E-state index contributed by atoms with van der Waals surface area (Å²) in [6.45, 7) is 3.97. The molecule has 3 rings (SSSR count). The minimum atomic E-state index is -0.704. The van der Waals surface area contributed by atoms with Gasteiger partial charge in [0, 0.05) is 11.4 Å². The second kappa shape index (κ2) is 8.56. The molecule has 2 atom stereocenters. The van der Waals surface area contributed by atoms with Crippen molar-refractivity contribution in [3.63, 3.8) is 0 Å². The van der Waals surface area contributed by atoms with E-state index in [0.717, 1.165) is 30.7 Å². The van der Waals surface area contributed by atoms with Gasteiger partial charge in [0.1, 0.15) is 0 Å². The lowest BCUT2D eigenvalue weighted by Crippen LogP contribution is -2.41. The highest BCUT2D eigenvalue weighted by Gasteiger charge is 2.32. The number of likely N-dealkylation sites (tertiary alicyclic amines) is 1. The van der Waals surface area contributed by atoms with Gasteiger partial charge in [-0.05, 0) is 55.5 Å². The predicted octanol–water partition coefficient (Wildman–Crippen LogP) is 4.04. The third-order valence-corrected chi connectivity index (χ3v) is 5.71. The van der Waals surface area contributed by atoms with Crippen molar-refractivity contribution in [2.45, 2.75) is 25.8 Å². The number of aliphatic carboxylic acids is 1. The van der Waals surface area contributed by atoms with Crippen LogP contribution in [0, 0.1) is 5.92 Å². The Balaban J connectivity index is 1.97. The van der Waals surface area contributed by atoms with Gasteiger partial charge in [-0.25, -0.2) is 0 Å². The minimum absolute atomic E-state index is 0.0299. The normalized spacial score (nSPS) is 19.1. The molecule has 1 aromatic carbocycles. The Bertz CT molecular complexity index is 731. The lowest BCUT2D eigenvalue weighted by atomic mass is 9.94. The molecular formula is C20H25NO4S. The second-order valence-corrected chi connectivity index (χ2v) is 7.41. The first kappa shape index (κ1) is 18.7. The van der Waals surface area contributed by atoms with E-state index < -0.39 is 5.97 Å². The number of thiophene rings is 1. The van der Waals surface area contributed by atoms with Gasteiger partial charge in [0.2, 0.25) is 0 Å². The maximum absolute atomic E-state index is 11.5. The monoisotopic (exact) mass is 375 g/mol. The van der Waals surface area contributed by atoms with Gasteiger partial charge in [-0.2, -0.15) is 0 Å². The Labute approximate surface area is 158 Å². The fourth-order valence-corrected chi connectivity index (χ4v) is 4.46. The SMILES string of the molecule is CCOc1cc(C(c2cccs2)N2CCCC(C(=O)O)C2)ccc1OC. The smallest absolute Gasteiger partial charge is 0.307 e. The molecule has 6 heteroatoms. The first-order valence-corrected chi connectivity index (χ1v) is 9.83. The zero-order chi connectivity index (χ0) is 18.5. The van der Waals surface area contributed by atoms with Gasteiger partial charge in [0.15, 0.2) is 11.5 Å². The number of carboxylic acid groups (broad SMARTS) is 1. The van der Waals surface area contributed by atoms with E-state index in [1.165, 1.54) is 4.88 Å². The van der Waals surface area contributed by atoms with Gasteiger partial charge in [0.25, 0.3) is 0 Å². The Morgan fingerprint density at radius 3 is 2.88 bits per heavy atom. The number of methoxy groups -OCH3 is 1. The molecule has 0 radical (unpaired) electrons. The van der Waals surface area contributed by atoms with Crippen LogP contribution in [0.1, 0.15) is 36.2 Å². The second-order valence-electron chi connectivity index (χ2n) is 6.43. The van der Waals surface area contributed by atoms with Gasteiger partial charge in [-0.1, -0.05) is 12.1 Å². The molecule has 5 nitrogen and oxygen atoms in total. The predicted molar refractivity (Wildman–Crippen MR) is 102 cm³/mol. The number of ether oxygens (including phenoxy) is 2. The van der Waals surface area contributed by atoms with E-state index in [-0.39, 0.29) is 12.0 Å². The van der Waals surface area contributed by atoms with E-state index in [9.17, 15) is 9.90 Å². The highest BCUT2D eigenvalue weighted by atomic mass is 32.1. The fraction of sp³-hybridized carbons (Fsp3) is 0.450. The van der Waals surface area contributed by atoms with Crippen LogP contribution in [0.3, 0.4) is 0 Å². The molecule has 26 heavy (non-hydrogen) atoms. The Morgan fingerprint density at radius 2 is 2.23 bits per heavy atom. The van der Waals surface area contributed by atoms with Crippen LogP contribution in [0.5, 0.6) is 11.5 Å². The highest BCUT2D eigenvalue weighted by Crippen LogP contribution is 2.38. The van der Waals surface area contributed by atoms with Crippen LogP contribution in [0.4, 0.5) is 0 Å². The summed E-state index contributed by atoms with van der Waals surface area (Å²) in [7, 11) is 1.64. The molecule has 0 amide bonds. The molecule has 1 aliphatic rings. The third kappa shape index (κ3) is 4.02. The minimum Gasteiger partial charge on any atom is -0.493 e. The van der Waals surface area contributed by atoms with Crippen molar-refractivity contribution in [2.75, 3.05) is 26.8 Å². The number of nitrogens with zero attached hydrogens (tertiary/aromatic N) is 1. The highest BCUT2D eigenvalue weighted by molar-refractivity contribution is 7.10. The van der Waals surface area contributed by atoms with Crippen LogP contribution in [-0.2, 0) is 4.79 Å². The number of hydrogen-bond acceptors (Lipinski definition) is 5. The molecule has 140 valence electrons. The third-order valence-electron chi connectivity index (χ3n) is 4.78. The van der Waals surface area contributed by atoms with Crippen LogP contribution in [0.2, 0.25) is 0 Å². The van der Waals surface area contributed by atoms with E-state index in [1.54, 1.807) is 18.4 Å². The van der Waals surface area contributed by atoms with Crippen molar-refractivity contribution < 1.29 is 19.4 Å². The Morgan fingerprint density at radius 1 is 1.38 bits per heavy atom. The van der Waals surface area contributed by atoms with E-state index in [0.29, 0.717) is 18.9 Å². The summed E-state index contributed by atoms with van der Waals surface area (Å²) in [6.07, 6.45) is 1.64. The van der Waals surface area contributed by atoms with Crippen LogP contribution in [-0.4, -0.2) is 42.8 Å². The Hall–Kier alpha value is -2.05. The molecule has 0 spiro atoms. The zero-order valence-corrected chi connectivity index (χ0v) is 16.0. The molecule has 1 N–H and O–H groups in total. The average Bonchev–Trinajstić information content (AvgIpc) is 3.17. The lowest BCUT2D eigenvalue weighted by molar-refractivity contribution is -0.143. The number of carbonyl (C=O) groups is 1. The van der Waals surface area contributed by atoms with Crippen LogP contribution in [0.25, 0.3) is 0 Å². The van der Waals surface area contributed by atoms with Gasteiger partial charge in [-0.3, -0.25) is 9.69 Å². The molecular weight excluding hydrogens is 350 g/mol. The van der Waals surface area contributed by atoms with Crippen LogP contribution >= 0.6 is 11.3 Å². The molecule has 0 aliphatic carbocycles. The van der Waals surface area contributed by atoms with Gasteiger partial charge in [-0.15, -0.1) is 11.3 Å². The average molecular weight is 375 g/mol. The van der Waals surface area contributed by atoms with E-state index in [4.69, 9.17) is 9.47 Å². The molecule has 0 saturated carbocycles. The summed E-state index contributed by atoms with van der Waals surface area (Å²) >= 11 is 1.70. The van der Waals surface area contributed by atoms with Crippen molar-refractivity contribution in [3.8, 4) is 11.5 Å². The van der Waals surface area contributed by atoms with E-state index in [1.807, 2.05) is 25.1 Å². The van der Waals surface area contributed by atoms with Gasteiger partial charge >= 0.3 is 5.97 Å². The molecule has 2 heterocycles. The number of benzene rings is 1. The zero-order valence-electron chi connectivity index (χ0n) is 15.2. The maximum Gasteiger partial charge on any atom is 0.307 e. The number of rotatable bonds is 7. The summed E-state index contributed by atoms with van der Waals surface area (Å²) in [5.74, 6) is 0.420. The molecule has 1 saturated heterocycles. The van der Waals surface area contributed by atoms with Crippen LogP contribution < -0.4 is 9.47 Å². The summed E-state index contributed by atoms with van der Waals surface area (Å²) in [4.78, 5) is 15.0. The summed E-state index contributed by atoms with van der Waals surface area (Å²) in [5, 5.41) is 11.5. The van der Waals surface area contributed by atoms with E-state index >= 15 is 0 Å². The molecule has 1 fully saturated rings. The van der Waals surface area contributed by atoms with Crippen molar-refractivity contribution in [1.29, 1.82) is 0 Å². The quantitative estimate of drug-likeness (QED) is 0.791. The molecule has 2 unspecified atom stereocenters. The number of carboxylic acids is 1. The largest absolute Gasteiger partial charge is 0.493 e. The summed E-state index contributed by atoms with van der Waals surface area (Å²) < 4.78 is 11.2. The van der Waals surface area contributed by atoms with Crippen LogP contribution in [0.15, 0.2) is 35.7 Å². The summed E-state index contributed by atoms with van der Waals surface area (Å²) in [6, 6.07) is 10.2. The maximum atomic E-state index is 11.5. The lowest BCUT2D eigenvalue weighted by Gasteiger charge is -2.37. The van der Waals surface area contributed by atoms with Crippen molar-refractivity contribution in [3.05, 3.63) is 46.2 Å². The fourth-order valence-electron chi connectivity index (χ4n) is 3.58. The Kier molecular flexibility index (Phi) is 6.16. The van der Waals surface area contributed by atoms with Crippen molar-refractivity contribution in [2.24, 2.45) is 5.92 Å². The molecule has 1 aliphatic heterocycles. The number of piperidine rings is 1. The van der Waals surface area contributed by atoms with Crippen molar-refractivity contribution >= 4 is 17.3 Å². The standard InChI is InChI=1S/C20H25NO4S/c1-3-25-17-12-14(8-9-16(17)24-2)19(18-7-5-11-26-18)21-10-4-6-15(13-21)20(22)23/h5,7-9,11-12,15,19H,3-4,6,10,13H2,1-2H3,(H,22,23). The van der Waals surface area contributed by atoms with Crippen molar-refractivity contribution in [1.82, 2.24) is 4.90 Å². The molecule has 1 aromatic heterocycles. The first-order chi connectivity index (χ1) is 12.6. The first-order valence-electron chi connectivity index (χ1n) is 8.95. The number of hydrogen-bond donors (Lipinski definition) is 1. The van der Waals surface area contributed by atoms with Gasteiger partial charge < -0.3 is 14.6 Å². The topological polar surface area (TPSA) is 59.0 Å². The molecule has 2 aromatic rings. The molecule has 0 bridgehead atoms. The van der Waals surface area contributed by atoms with Gasteiger partial charge in [0.05, 0.1) is 25.7 Å². The summed E-state index contributed by atoms with van der Waals surface area (Å²) in [5.41, 5.74) is 1.10.